The number of benzene rings is 3. The van der Waals surface area contributed by atoms with E-state index in [1.165, 1.54) is 7.11 Å². The summed E-state index contributed by atoms with van der Waals surface area (Å²) in [7, 11) is 1.33. The summed E-state index contributed by atoms with van der Waals surface area (Å²) in [4.78, 5) is 24.7. The van der Waals surface area contributed by atoms with Crippen molar-refractivity contribution in [2.24, 2.45) is 0 Å². The van der Waals surface area contributed by atoms with Crippen LogP contribution in [0.3, 0.4) is 0 Å². The van der Waals surface area contributed by atoms with E-state index in [9.17, 15) is 9.59 Å². The summed E-state index contributed by atoms with van der Waals surface area (Å²) in [6.45, 7) is 1.17. The van der Waals surface area contributed by atoms with Crippen molar-refractivity contribution in [3.63, 3.8) is 0 Å². The van der Waals surface area contributed by atoms with Gasteiger partial charge in [0, 0.05) is 23.7 Å². The van der Waals surface area contributed by atoms with Gasteiger partial charge in [-0.1, -0.05) is 30.3 Å². The first-order valence-electron chi connectivity index (χ1n) is 10.9. The van der Waals surface area contributed by atoms with Gasteiger partial charge in [-0.05, 0) is 42.0 Å². The van der Waals surface area contributed by atoms with Gasteiger partial charge in [-0.25, -0.2) is 4.79 Å². The Balaban J connectivity index is 1.26. The van der Waals surface area contributed by atoms with E-state index in [1.54, 1.807) is 35.0 Å². The molecular formula is C26H23N3O5. The molecule has 0 saturated heterocycles. The lowest BCUT2D eigenvalue weighted by Gasteiger charge is -2.26. The molecule has 4 aromatic rings. The van der Waals surface area contributed by atoms with E-state index >= 15 is 0 Å². The Morgan fingerprint density at radius 1 is 1.09 bits per heavy atom. The number of rotatable bonds is 6. The van der Waals surface area contributed by atoms with Crippen molar-refractivity contribution < 1.29 is 23.8 Å². The second-order valence-corrected chi connectivity index (χ2v) is 7.95. The van der Waals surface area contributed by atoms with Gasteiger partial charge < -0.3 is 19.5 Å². The zero-order valence-electron chi connectivity index (χ0n) is 18.6. The Morgan fingerprint density at radius 3 is 2.74 bits per heavy atom. The molecule has 8 heteroatoms. The maximum absolute atomic E-state index is 12.8. The van der Waals surface area contributed by atoms with E-state index in [-0.39, 0.29) is 18.6 Å². The molecule has 0 saturated carbocycles. The van der Waals surface area contributed by atoms with Gasteiger partial charge >= 0.3 is 5.97 Å². The lowest BCUT2D eigenvalue weighted by molar-refractivity contribution is 0.0598. The van der Waals surface area contributed by atoms with Crippen LogP contribution in [0, 0.1) is 0 Å². The minimum Gasteiger partial charge on any atom is -0.486 e. The van der Waals surface area contributed by atoms with Crippen molar-refractivity contribution in [3.8, 4) is 11.5 Å². The molecule has 0 fully saturated rings. The molecule has 0 spiro atoms. The highest BCUT2D eigenvalue weighted by Crippen LogP contribution is 2.31. The fraction of sp³-hybridized carbons (Fsp3) is 0.192. The highest BCUT2D eigenvalue weighted by molar-refractivity contribution is 5.98. The summed E-state index contributed by atoms with van der Waals surface area (Å²) in [5, 5.41) is 8.31. The average molecular weight is 457 g/mol. The molecule has 0 radical (unpaired) electrons. The fourth-order valence-electron chi connectivity index (χ4n) is 3.93. The molecule has 1 aliphatic heterocycles. The fourth-order valence-corrected chi connectivity index (χ4v) is 3.93. The number of amides is 1. The topological polar surface area (TPSA) is 91.7 Å². The first kappa shape index (κ1) is 21.5. The molecule has 8 nitrogen and oxygen atoms in total. The van der Waals surface area contributed by atoms with Crippen LogP contribution in [0.25, 0.3) is 10.9 Å². The molecule has 0 bridgehead atoms. The van der Waals surface area contributed by atoms with Crippen molar-refractivity contribution >= 4 is 22.8 Å². The molecule has 3 aromatic carbocycles. The number of methoxy groups -OCH3 is 1. The molecule has 172 valence electrons. The molecule has 2 heterocycles. The number of carbonyl (C=O) groups excluding carboxylic acids is 2. The molecule has 1 unspecified atom stereocenters. The molecule has 5 rings (SSSR count). The molecule has 1 atom stereocenters. The van der Waals surface area contributed by atoms with Crippen molar-refractivity contribution in [2.45, 2.75) is 19.2 Å². The van der Waals surface area contributed by atoms with Crippen LogP contribution in [0.15, 0.2) is 72.9 Å². The zero-order valence-corrected chi connectivity index (χ0v) is 18.6. The Labute approximate surface area is 196 Å². The Morgan fingerprint density at radius 2 is 1.88 bits per heavy atom. The molecule has 1 aliphatic rings. The minimum absolute atomic E-state index is 0.165. The maximum atomic E-state index is 12.8. The van der Waals surface area contributed by atoms with Gasteiger partial charge in [0.2, 0.25) is 0 Å². The molecule has 34 heavy (non-hydrogen) atoms. The summed E-state index contributed by atoms with van der Waals surface area (Å²) < 4.78 is 18.4. The number of aromatic nitrogens is 2. The third-order valence-electron chi connectivity index (χ3n) is 5.63. The molecular weight excluding hydrogens is 434 g/mol. The number of esters is 1. The largest absolute Gasteiger partial charge is 0.486 e. The first-order chi connectivity index (χ1) is 16.6. The number of hydrogen-bond acceptors (Lipinski definition) is 6. The smallest absolute Gasteiger partial charge is 0.338 e. The van der Waals surface area contributed by atoms with E-state index in [0.29, 0.717) is 29.8 Å². The number of hydrogen-bond donors (Lipinski definition) is 1. The maximum Gasteiger partial charge on any atom is 0.338 e. The van der Waals surface area contributed by atoms with Crippen molar-refractivity contribution in [3.05, 3.63) is 89.6 Å². The number of nitrogens with zero attached hydrogens (tertiary/aromatic N) is 2. The van der Waals surface area contributed by atoms with E-state index in [4.69, 9.17) is 14.2 Å². The normalized spacial score (nSPS) is 14.6. The number of para-hydroxylation sites is 2. The van der Waals surface area contributed by atoms with Crippen LogP contribution in [-0.4, -0.2) is 41.5 Å². The predicted octanol–water partition coefficient (Wildman–Crippen LogP) is 3.59. The Bertz CT molecular complexity index is 1360. The third-order valence-corrected chi connectivity index (χ3v) is 5.63. The number of nitrogens with one attached hydrogen (secondary N) is 1. The van der Waals surface area contributed by atoms with Crippen LogP contribution < -0.4 is 14.8 Å². The molecule has 1 N–H and O–H groups in total. The van der Waals surface area contributed by atoms with E-state index in [1.807, 2.05) is 42.6 Å². The van der Waals surface area contributed by atoms with E-state index < -0.39 is 5.97 Å². The van der Waals surface area contributed by atoms with Gasteiger partial charge in [0.15, 0.2) is 17.6 Å². The van der Waals surface area contributed by atoms with E-state index in [2.05, 4.69) is 10.4 Å². The van der Waals surface area contributed by atoms with Gasteiger partial charge in [0.1, 0.15) is 6.61 Å². The summed E-state index contributed by atoms with van der Waals surface area (Å²) in [5.74, 6) is 0.793. The zero-order chi connectivity index (χ0) is 23.5. The second-order valence-electron chi connectivity index (χ2n) is 7.95. The lowest BCUT2D eigenvalue weighted by atomic mass is 10.1. The van der Waals surface area contributed by atoms with Crippen LogP contribution in [0.1, 0.15) is 26.3 Å². The summed E-state index contributed by atoms with van der Waals surface area (Å²) >= 11 is 0. The van der Waals surface area contributed by atoms with Crippen LogP contribution in [-0.2, 0) is 17.8 Å². The molecule has 0 aliphatic carbocycles. The molecule has 1 aromatic heterocycles. The highest BCUT2D eigenvalue weighted by atomic mass is 16.6. The van der Waals surface area contributed by atoms with Crippen LogP contribution >= 0.6 is 0 Å². The van der Waals surface area contributed by atoms with Crippen molar-refractivity contribution in [1.29, 1.82) is 0 Å². The van der Waals surface area contributed by atoms with Gasteiger partial charge in [0.05, 0.1) is 24.7 Å². The van der Waals surface area contributed by atoms with Crippen LogP contribution in [0.4, 0.5) is 0 Å². The van der Waals surface area contributed by atoms with E-state index in [0.717, 1.165) is 22.4 Å². The lowest BCUT2D eigenvalue weighted by Crippen LogP contribution is -2.33. The van der Waals surface area contributed by atoms with Gasteiger partial charge in [-0.2, -0.15) is 5.10 Å². The average Bonchev–Trinajstić information content (AvgIpc) is 3.28. The highest BCUT2D eigenvalue weighted by Gasteiger charge is 2.21. The SMILES string of the molecule is COC(=O)c1ccccc1CNC(=O)c1ccc2nn(CC3COc4ccccc4O3)cc2c1. The monoisotopic (exact) mass is 457 g/mol. The minimum atomic E-state index is -0.436. The Hall–Kier alpha value is -4.33. The first-order valence-corrected chi connectivity index (χ1v) is 10.9. The standard InChI is InChI=1S/C26H23N3O5/c1-32-26(31)21-7-3-2-6-18(21)13-27-25(30)17-10-11-22-19(12-17)14-29(28-22)15-20-16-33-23-8-4-5-9-24(23)34-20/h2-12,14,20H,13,15-16H2,1H3,(H,27,30). The van der Waals surface area contributed by atoms with Crippen LogP contribution in [0.5, 0.6) is 11.5 Å². The van der Waals surface area contributed by atoms with Crippen molar-refractivity contribution in [1.82, 2.24) is 15.1 Å². The second kappa shape index (κ2) is 9.27. The summed E-state index contributed by atoms with van der Waals surface area (Å²) in [5.41, 5.74) is 2.41. The Kier molecular flexibility index (Phi) is 5.86. The third kappa shape index (κ3) is 4.43. The van der Waals surface area contributed by atoms with Gasteiger partial charge in [-0.15, -0.1) is 0 Å². The summed E-state index contributed by atoms with van der Waals surface area (Å²) in [6.07, 6.45) is 1.73. The van der Waals surface area contributed by atoms with Crippen LogP contribution in [0.2, 0.25) is 0 Å². The number of fused-ring (bicyclic) bond motifs is 2. The van der Waals surface area contributed by atoms with Gasteiger partial charge in [-0.3, -0.25) is 9.48 Å². The van der Waals surface area contributed by atoms with Gasteiger partial charge in [0.25, 0.3) is 5.91 Å². The molecule has 1 amide bonds. The number of carbonyl (C=O) groups is 2. The van der Waals surface area contributed by atoms with Crippen molar-refractivity contribution in [2.75, 3.05) is 13.7 Å². The summed E-state index contributed by atoms with van der Waals surface area (Å²) in [6, 6.07) is 20.0. The quantitative estimate of drug-likeness (QED) is 0.445. The predicted molar refractivity (Wildman–Crippen MR) is 125 cm³/mol. The number of ether oxygens (including phenoxy) is 3.